The first-order valence-electron chi connectivity index (χ1n) is 9.20. The van der Waals surface area contributed by atoms with Crippen LogP contribution in [0.4, 0.5) is 16.2 Å². The number of carbonyl (C=O) groups excluding carboxylic acids is 1. The number of amides is 2. The van der Waals surface area contributed by atoms with Crippen LogP contribution >= 0.6 is 0 Å². The number of aliphatic hydroxyl groups excluding tert-OH is 1. The van der Waals surface area contributed by atoms with Gasteiger partial charge in [0.2, 0.25) is 0 Å². The Morgan fingerprint density at radius 2 is 1.73 bits per heavy atom. The molecule has 26 heavy (non-hydrogen) atoms. The monoisotopic (exact) mass is 353 g/mol. The molecule has 2 aromatic carbocycles. The highest BCUT2D eigenvalue weighted by Gasteiger charge is 2.18. The number of nitrogens with zero attached hydrogens (tertiary/aromatic N) is 1. The molecule has 5 heteroatoms. The molecule has 3 N–H and O–H groups in total. The van der Waals surface area contributed by atoms with Crippen molar-refractivity contribution >= 4 is 17.4 Å². The number of hydrogen-bond acceptors (Lipinski definition) is 3. The van der Waals surface area contributed by atoms with E-state index in [1.807, 2.05) is 31.2 Å². The van der Waals surface area contributed by atoms with E-state index in [2.05, 4.69) is 39.8 Å². The van der Waals surface area contributed by atoms with E-state index in [0.717, 1.165) is 42.7 Å². The topological polar surface area (TPSA) is 64.6 Å². The minimum atomic E-state index is -0.205. The van der Waals surface area contributed by atoms with Crippen LogP contribution in [-0.4, -0.2) is 30.8 Å². The van der Waals surface area contributed by atoms with Crippen molar-refractivity contribution in [2.75, 3.05) is 29.9 Å². The Bertz CT molecular complexity index is 705. The fourth-order valence-corrected chi connectivity index (χ4v) is 3.19. The third-order valence-corrected chi connectivity index (χ3v) is 4.94. The van der Waals surface area contributed by atoms with Gasteiger partial charge in [-0.05, 0) is 55.5 Å². The average Bonchev–Trinajstić information content (AvgIpc) is 2.69. The van der Waals surface area contributed by atoms with Crippen LogP contribution in [0.5, 0.6) is 0 Å². The van der Waals surface area contributed by atoms with Gasteiger partial charge in [0.25, 0.3) is 0 Å². The second kappa shape index (κ2) is 8.72. The summed E-state index contributed by atoms with van der Waals surface area (Å²) in [6.45, 7) is 4.78. The fourth-order valence-electron chi connectivity index (χ4n) is 3.19. The van der Waals surface area contributed by atoms with Gasteiger partial charge in [-0.3, -0.25) is 0 Å². The lowest BCUT2D eigenvalue weighted by Gasteiger charge is -2.33. The van der Waals surface area contributed by atoms with Crippen molar-refractivity contribution in [2.24, 2.45) is 5.92 Å². The molecule has 0 aromatic heterocycles. The first-order valence-corrected chi connectivity index (χ1v) is 9.20. The van der Waals surface area contributed by atoms with Gasteiger partial charge in [-0.2, -0.15) is 0 Å². The molecule has 1 heterocycles. The summed E-state index contributed by atoms with van der Waals surface area (Å²) in [7, 11) is 0. The Balaban J connectivity index is 1.47. The third kappa shape index (κ3) is 4.99. The molecule has 1 fully saturated rings. The third-order valence-electron chi connectivity index (χ3n) is 4.94. The van der Waals surface area contributed by atoms with Gasteiger partial charge < -0.3 is 20.6 Å². The van der Waals surface area contributed by atoms with Gasteiger partial charge in [-0.1, -0.05) is 29.8 Å². The maximum atomic E-state index is 12.0. The van der Waals surface area contributed by atoms with Gasteiger partial charge in [-0.15, -0.1) is 0 Å². The quantitative estimate of drug-likeness (QED) is 0.770. The van der Waals surface area contributed by atoms with E-state index in [-0.39, 0.29) is 6.03 Å². The number of benzene rings is 2. The molecule has 3 rings (SSSR count). The van der Waals surface area contributed by atoms with E-state index in [1.165, 1.54) is 5.69 Å². The number of anilines is 2. The van der Waals surface area contributed by atoms with Crippen LogP contribution in [0.15, 0.2) is 48.5 Å². The van der Waals surface area contributed by atoms with E-state index >= 15 is 0 Å². The van der Waals surface area contributed by atoms with Crippen LogP contribution in [-0.2, 0) is 6.54 Å². The van der Waals surface area contributed by atoms with Crippen molar-refractivity contribution in [3.8, 4) is 0 Å². The highest BCUT2D eigenvalue weighted by molar-refractivity contribution is 5.89. The summed E-state index contributed by atoms with van der Waals surface area (Å²) in [5, 5.41) is 15.0. The van der Waals surface area contributed by atoms with Crippen molar-refractivity contribution in [1.29, 1.82) is 0 Å². The molecule has 0 aliphatic carbocycles. The largest absolute Gasteiger partial charge is 0.396 e. The van der Waals surface area contributed by atoms with Crippen LogP contribution in [0.2, 0.25) is 0 Å². The lowest BCUT2D eigenvalue weighted by atomic mass is 9.97. The van der Waals surface area contributed by atoms with Crippen molar-refractivity contribution in [3.05, 3.63) is 59.7 Å². The number of aryl methyl sites for hydroxylation is 1. The van der Waals surface area contributed by atoms with Gasteiger partial charge in [-0.25, -0.2) is 4.79 Å². The summed E-state index contributed by atoms with van der Waals surface area (Å²) in [4.78, 5) is 14.3. The molecule has 1 saturated heterocycles. The van der Waals surface area contributed by atoms with Crippen molar-refractivity contribution in [2.45, 2.75) is 26.3 Å². The zero-order valence-corrected chi connectivity index (χ0v) is 15.2. The number of urea groups is 1. The Kier molecular flexibility index (Phi) is 6.12. The Morgan fingerprint density at radius 1 is 1.08 bits per heavy atom. The molecule has 2 amide bonds. The van der Waals surface area contributed by atoms with Crippen LogP contribution < -0.4 is 15.5 Å². The van der Waals surface area contributed by atoms with Crippen molar-refractivity contribution in [3.63, 3.8) is 0 Å². The molecule has 1 aliphatic heterocycles. The van der Waals surface area contributed by atoms with E-state index in [1.54, 1.807) is 0 Å². The fraction of sp³-hybridized carbons (Fsp3) is 0.381. The summed E-state index contributed by atoms with van der Waals surface area (Å²) >= 11 is 0. The molecule has 1 aliphatic rings. The number of nitrogens with one attached hydrogen (secondary N) is 2. The van der Waals surface area contributed by atoms with Crippen molar-refractivity contribution < 1.29 is 9.90 Å². The zero-order valence-electron chi connectivity index (χ0n) is 15.2. The maximum Gasteiger partial charge on any atom is 0.319 e. The van der Waals surface area contributed by atoms with E-state index in [4.69, 9.17) is 0 Å². The zero-order chi connectivity index (χ0) is 18.4. The summed E-state index contributed by atoms with van der Waals surface area (Å²) in [6.07, 6.45) is 2.08. The molecular formula is C21H27N3O2. The second-order valence-electron chi connectivity index (χ2n) is 6.95. The van der Waals surface area contributed by atoms with Gasteiger partial charge in [0, 0.05) is 37.6 Å². The average molecular weight is 353 g/mol. The second-order valence-corrected chi connectivity index (χ2v) is 6.95. The van der Waals surface area contributed by atoms with Gasteiger partial charge >= 0.3 is 6.03 Å². The van der Waals surface area contributed by atoms with Crippen LogP contribution in [0.3, 0.4) is 0 Å². The number of rotatable bonds is 5. The molecule has 2 aromatic rings. The predicted molar refractivity (Wildman–Crippen MR) is 106 cm³/mol. The van der Waals surface area contributed by atoms with E-state index < -0.39 is 0 Å². The summed E-state index contributed by atoms with van der Waals surface area (Å²) < 4.78 is 0. The normalized spacial score (nSPS) is 14.9. The summed E-state index contributed by atoms with van der Waals surface area (Å²) in [6, 6.07) is 15.8. The lowest BCUT2D eigenvalue weighted by molar-refractivity contribution is 0.203. The Labute approximate surface area is 155 Å². The standard InChI is InChI=1S/C21H27N3O2/c1-16-2-6-19(7-3-16)23-21(26)22-14-17-4-8-20(9-5-17)24-12-10-18(15-25)11-13-24/h2-9,18,25H,10-15H2,1H3,(H2,22,23,26). The van der Waals surface area contributed by atoms with Crippen LogP contribution in [0.25, 0.3) is 0 Å². The molecule has 0 atom stereocenters. The molecule has 0 radical (unpaired) electrons. The minimum Gasteiger partial charge on any atom is -0.396 e. The van der Waals surface area contributed by atoms with Gasteiger partial charge in [0.05, 0.1) is 0 Å². The predicted octanol–water partition coefficient (Wildman–Crippen LogP) is 3.53. The highest BCUT2D eigenvalue weighted by atomic mass is 16.3. The molecule has 5 nitrogen and oxygen atoms in total. The van der Waals surface area contributed by atoms with E-state index in [9.17, 15) is 9.90 Å². The summed E-state index contributed by atoms with van der Waals surface area (Å²) in [5.41, 5.74) is 4.22. The van der Waals surface area contributed by atoms with Crippen LogP contribution in [0.1, 0.15) is 24.0 Å². The first kappa shape index (κ1) is 18.3. The van der Waals surface area contributed by atoms with E-state index in [0.29, 0.717) is 19.1 Å². The molecule has 0 saturated carbocycles. The SMILES string of the molecule is Cc1ccc(NC(=O)NCc2ccc(N3CCC(CO)CC3)cc2)cc1. The van der Waals surface area contributed by atoms with Crippen molar-refractivity contribution in [1.82, 2.24) is 5.32 Å². The smallest absolute Gasteiger partial charge is 0.319 e. The van der Waals surface area contributed by atoms with Gasteiger partial charge in [0.1, 0.15) is 0 Å². The van der Waals surface area contributed by atoms with Crippen LogP contribution in [0, 0.1) is 12.8 Å². The van der Waals surface area contributed by atoms with Gasteiger partial charge in [0.15, 0.2) is 0 Å². The Hall–Kier alpha value is -2.53. The first-order chi connectivity index (χ1) is 12.6. The number of aliphatic hydroxyl groups is 1. The lowest BCUT2D eigenvalue weighted by Crippen LogP contribution is -2.34. The summed E-state index contributed by atoms with van der Waals surface area (Å²) in [5.74, 6) is 0.446. The molecule has 0 unspecified atom stereocenters. The number of hydrogen-bond donors (Lipinski definition) is 3. The highest BCUT2D eigenvalue weighted by Crippen LogP contribution is 2.23. The Morgan fingerprint density at radius 3 is 2.35 bits per heavy atom. The minimum absolute atomic E-state index is 0.205. The molecular weight excluding hydrogens is 326 g/mol. The number of carbonyl (C=O) groups is 1. The molecule has 0 spiro atoms. The number of piperidine rings is 1. The molecule has 138 valence electrons. The maximum absolute atomic E-state index is 12.0. The molecule has 0 bridgehead atoms.